The highest BCUT2D eigenvalue weighted by atomic mass is 16.6. The second kappa shape index (κ2) is 11.6. The van der Waals surface area contributed by atoms with E-state index < -0.39 is 23.3 Å². The molecule has 0 amide bonds. The van der Waals surface area contributed by atoms with Gasteiger partial charge in [0.2, 0.25) is 5.82 Å². The van der Waals surface area contributed by atoms with E-state index in [1.165, 1.54) is 0 Å². The summed E-state index contributed by atoms with van der Waals surface area (Å²) in [4.78, 5) is 29.4. The first-order valence-corrected chi connectivity index (χ1v) is 13.6. The number of carbonyl (C=O) groups is 1. The van der Waals surface area contributed by atoms with Gasteiger partial charge in [-0.3, -0.25) is 4.99 Å². The summed E-state index contributed by atoms with van der Waals surface area (Å²) in [5, 5.41) is 25.7. The third-order valence-electron chi connectivity index (χ3n) is 7.50. The third kappa shape index (κ3) is 6.04. The first-order valence-electron chi connectivity index (χ1n) is 13.6. The first kappa shape index (κ1) is 28.2. The van der Waals surface area contributed by atoms with E-state index in [4.69, 9.17) is 18.6 Å². The summed E-state index contributed by atoms with van der Waals surface area (Å²) in [6, 6.07) is 15.9. The molecule has 3 heterocycles. The van der Waals surface area contributed by atoms with Crippen LogP contribution in [0.3, 0.4) is 0 Å². The van der Waals surface area contributed by atoms with Crippen LogP contribution in [0, 0.1) is 18.8 Å². The number of aliphatic imine (C=N–C) groups is 1. The van der Waals surface area contributed by atoms with Crippen LogP contribution in [0.4, 0.5) is 0 Å². The second-order valence-corrected chi connectivity index (χ2v) is 10.9. The van der Waals surface area contributed by atoms with Gasteiger partial charge in [0.15, 0.2) is 18.1 Å². The van der Waals surface area contributed by atoms with Crippen molar-refractivity contribution in [3.05, 3.63) is 76.2 Å². The van der Waals surface area contributed by atoms with Gasteiger partial charge in [0.05, 0.1) is 11.6 Å². The molecular formula is C30H33N5O6. The number of H-pyrrole nitrogens is 1. The van der Waals surface area contributed by atoms with E-state index >= 15 is 0 Å². The van der Waals surface area contributed by atoms with Gasteiger partial charge < -0.3 is 18.7 Å². The molecule has 2 aromatic heterocycles. The van der Waals surface area contributed by atoms with E-state index in [9.17, 15) is 14.7 Å². The molecule has 5 rings (SSSR count). The van der Waals surface area contributed by atoms with E-state index in [0.717, 1.165) is 35.1 Å². The lowest BCUT2D eigenvalue weighted by molar-refractivity contribution is -0.138. The lowest BCUT2D eigenvalue weighted by atomic mass is 9.73. The van der Waals surface area contributed by atoms with Gasteiger partial charge in [-0.1, -0.05) is 61.9 Å². The number of aromatic amines is 1. The summed E-state index contributed by atoms with van der Waals surface area (Å²) >= 11 is 0. The first-order chi connectivity index (χ1) is 19.7. The maximum atomic E-state index is 13.2. The second-order valence-electron chi connectivity index (χ2n) is 10.9. The SMILES string of the molecule is CCCC1N=C(C(=O)OCc2oc(=O)oc2C)C(C(C)(C)O)C1Cc1ccc(-c2ccccc2-c2nn[nH]n2)cc1. The Balaban J connectivity index is 1.38. The molecule has 0 spiro atoms. The zero-order valence-electron chi connectivity index (χ0n) is 23.5. The van der Waals surface area contributed by atoms with Crippen molar-refractivity contribution in [3.63, 3.8) is 0 Å². The molecule has 3 unspecified atom stereocenters. The van der Waals surface area contributed by atoms with Gasteiger partial charge in [-0.15, -0.1) is 10.2 Å². The van der Waals surface area contributed by atoms with Crippen molar-refractivity contribution in [1.82, 2.24) is 20.6 Å². The fraction of sp³-hybridized carbons (Fsp3) is 0.400. The highest BCUT2D eigenvalue weighted by Crippen LogP contribution is 2.40. The summed E-state index contributed by atoms with van der Waals surface area (Å²) in [6.07, 6.45) is 2.25. The zero-order chi connectivity index (χ0) is 29.1. The van der Waals surface area contributed by atoms with Gasteiger partial charge in [0.1, 0.15) is 5.71 Å². The molecule has 41 heavy (non-hydrogen) atoms. The molecular weight excluding hydrogens is 526 g/mol. The van der Waals surface area contributed by atoms with Crippen molar-refractivity contribution in [2.24, 2.45) is 16.8 Å². The number of aryl methyl sites for hydroxylation is 1. The molecule has 0 fully saturated rings. The number of rotatable bonds is 10. The summed E-state index contributed by atoms with van der Waals surface area (Å²) in [6.45, 7) is 6.76. The molecule has 3 atom stereocenters. The number of aromatic nitrogens is 4. The molecule has 0 bridgehead atoms. The highest BCUT2D eigenvalue weighted by Gasteiger charge is 2.48. The fourth-order valence-corrected chi connectivity index (χ4v) is 5.66. The number of hydrogen-bond donors (Lipinski definition) is 2. The van der Waals surface area contributed by atoms with Crippen molar-refractivity contribution < 1.29 is 23.5 Å². The molecule has 2 N–H and O–H groups in total. The maximum absolute atomic E-state index is 13.2. The summed E-state index contributed by atoms with van der Waals surface area (Å²) < 4.78 is 15.3. The number of ether oxygens (including phenoxy) is 1. The van der Waals surface area contributed by atoms with Crippen LogP contribution in [-0.2, 0) is 22.6 Å². The van der Waals surface area contributed by atoms with E-state index in [1.807, 2.05) is 36.4 Å². The number of carbonyl (C=O) groups excluding carboxylic acids is 1. The van der Waals surface area contributed by atoms with Crippen LogP contribution in [0.2, 0.25) is 0 Å². The van der Waals surface area contributed by atoms with E-state index in [0.29, 0.717) is 12.2 Å². The van der Waals surface area contributed by atoms with Gasteiger partial charge in [-0.25, -0.2) is 9.59 Å². The Morgan fingerprint density at radius 2 is 1.83 bits per heavy atom. The van der Waals surface area contributed by atoms with Crippen LogP contribution in [-0.4, -0.2) is 49.1 Å². The molecule has 11 nitrogen and oxygen atoms in total. The molecule has 0 radical (unpaired) electrons. The highest BCUT2D eigenvalue weighted by molar-refractivity contribution is 6.38. The molecule has 1 aliphatic rings. The Morgan fingerprint density at radius 3 is 2.44 bits per heavy atom. The predicted octanol–water partition coefficient (Wildman–Crippen LogP) is 4.30. The minimum Gasteiger partial charge on any atom is -0.453 e. The van der Waals surface area contributed by atoms with E-state index in [1.54, 1.807) is 20.8 Å². The van der Waals surface area contributed by atoms with Crippen molar-refractivity contribution in [2.75, 3.05) is 0 Å². The monoisotopic (exact) mass is 559 g/mol. The quantitative estimate of drug-likeness (QED) is 0.270. The molecule has 2 aromatic carbocycles. The Hall–Kier alpha value is -4.38. The van der Waals surface area contributed by atoms with Crippen molar-refractivity contribution >= 4 is 11.7 Å². The van der Waals surface area contributed by atoms with Crippen LogP contribution >= 0.6 is 0 Å². The van der Waals surface area contributed by atoms with Gasteiger partial charge in [-0.2, -0.15) is 5.21 Å². The minimum absolute atomic E-state index is 0.122. The number of nitrogens with zero attached hydrogens (tertiary/aromatic N) is 4. The standard InChI is InChI=1S/C30H33N5O6/c1-5-8-23-22(25(30(3,4)38)26(31-23)28(36)39-16-24-17(2)40-29(37)41-24)15-18-11-13-19(14-12-18)20-9-6-7-10-21(20)27-32-34-35-33-27/h6-7,9-14,22-23,25,38H,5,8,15-16H2,1-4H3,(H,32,33,34,35). The van der Waals surface area contributed by atoms with Gasteiger partial charge in [-0.05, 0) is 61.4 Å². The van der Waals surface area contributed by atoms with Gasteiger partial charge in [0, 0.05) is 11.5 Å². The van der Waals surface area contributed by atoms with Gasteiger partial charge in [0.25, 0.3) is 0 Å². The molecule has 11 heteroatoms. The van der Waals surface area contributed by atoms with Gasteiger partial charge >= 0.3 is 11.8 Å². The van der Waals surface area contributed by atoms with Crippen LogP contribution in [0.25, 0.3) is 22.5 Å². The topological polar surface area (TPSA) is 157 Å². The molecule has 0 saturated heterocycles. The summed E-state index contributed by atoms with van der Waals surface area (Å²) in [5.74, 6) is -1.26. The number of tetrazole rings is 1. The largest absolute Gasteiger partial charge is 0.519 e. The Kier molecular flexibility index (Phi) is 7.98. The Bertz CT molecular complexity index is 1580. The maximum Gasteiger partial charge on any atom is 0.519 e. The Labute approximate surface area is 236 Å². The average molecular weight is 560 g/mol. The number of hydrogen-bond acceptors (Lipinski definition) is 10. The molecule has 0 aliphatic carbocycles. The summed E-state index contributed by atoms with van der Waals surface area (Å²) in [7, 11) is 0. The Morgan fingerprint density at radius 1 is 1.10 bits per heavy atom. The number of nitrogens with one attached hydrogen (secondary N) is 1. The molecule has 1 aliphatic heterocycles. The van der Waals surface area contributed by atoms with Crippen molar-refractivity contribution in [2.45, 2.75) is 65.2 Å². The van der Waals surface area contributed by atoms with Crippen molar-refractivity contribution in [1.29, 1.82) is 0 Å². The number of benzene rings is 2. The minimum atomic E-state index is -1.23. The smallest absolute Gasteiger partial charge is 0.453 e. The lowest BCUT2D eigenvalue weighted by Crippen LogP contribution is -2.44. The third-order valence-corrected chi connectivity index (χ3v) is 7.50. The zero-order valence-corrected chi connectivity index (χ0v) is 23.5. The molecule has 4 aromatic rings. The van der Waals surface area contributed by atoms with Crippen LogP contribution in [0.15, 0.2) is 67.2 Å². The fourth-order valence-electron chi connectivity index (χ4n) is 5.66. The predicted molar refractivity (Wildman–Crippen MR) is 150 cm³/mol. The van der Waals surface area contributed by atoms with E-state index in [-0.39, 0.29) is 35.8 Å². The lowest BCUT2D eigenvalue weighted by Gasteiger charge is -2.33. The number of esters is 1. The normalized spacial score (nSPS) is 18.9. The number of aliphatic hydroxyl groups is 1. The molecule has 0 saturated carbocycles. The van der Waals surface area contributed by atoms with Crippen LogP contribution in [0.1, 0.15) is 50.7 Å². The molecule has 214 valence electrons. The summed E-state index contributed by atoms with van der Waals surface area (Å²) in [5.41, 5.74) is 2.90. The van der Waals surface area contributed by atoms with Crippen molar-refractivity contribution in [3.8, 4) is 22.5 Å². The van der Waals surface area contributed by atoms with Crippen LogP contribution < -0.4 is 5.82 Å². The average Bonchev–Trinajstić information content (AvgIpc) is 3.67. The van der Waals surface area contributed by atoms with E-state index in [2.05, 4.69) is 39.7 Å². The van der Waals surface area contributed by atoms with Crippen LogP contribution in [0.5, 0.6) is 0 Å².